The van der Waals surface area contributed by atoms with Crippen molar-refractivity contribution in [3.63, 3.8) is 0 Å². The highest BCUT2D eigenvalue weighted by Crippen LogP contribution is 2.79. The minimum Gasteiger partial charge on any atom is -0.392 e. The quantitative estimate of drug-likeness (QED) is 0.552. The predicted molar refractivity (Wildman–Crippen MR) is 112 cm³/mol. The summed E-state index contributed by atoms with van der Waals surface area (Å²) in [5, 5.41) is 36.2. The maximum atomic E-state index is 13.0. The van der Waals surface area contributed by atoms with Crippen molar-refractivity contribution in [1.29, 1.82) is 0 Å². The van der Waals surface area contributed by atoms with E-state index in [1.54, 1.807) is 21.3 Å². The predicted octanol–water partition coefficient (Wildman–Crippen LogP) is 0.421. The second-order valence-electron chi connectivity index (χ2n) is 11.3. The van der Waals surface area contributed by atoms with Gasteiger partial charge in [-0.05, 0) is 31.2 Å². The topological polar surface area (TPSA) is 91.6 Å². The van der Waals surface area contributed by atoms with Crippen LogP contribution < -0.4 is 0 Å². The molecular formula is C24H37NO6. The van der Waals surface area contributed by atoms with Crippen LogP contribution in [0.3, 0.4) is 0 Å². The van der Waals surface area contributed by atoms with Gasteiger partial charge in [0.1, 0.15) is 11.2 Å². The van der Waals surface area contributed by atoms with Crippen LogP contribution in [0.4, 0.5) is 0 Å². The summed E-state index contributed by atoms with van der Waals surface area (Å²) in [6.07, 6.45) is 3.38. The first-order valence-electron chi connectivity index (χ1n) is 11.9. The Balaban J connectivity index is 1.73. The van der Waals surface area contributed by atoms with Crippen LogP contribution in [-0.4, -0.2) is 96.3 Å². The Bertz CT molecular complexity index is 822. The van der Waals surface area contributed by atoms with E-state index in [1.165, 1.54) is 0 Å². The summed E-state index contributed by atoms with van der Waals surface area (Å²) in [6, 6.07) is -0.337. The molecule has 1 spiro atoms. The second kappa shape index (κ2) is 6.12. The molecule has 7 heteroatoms. The Labute approximate surface area is 184 Å². The molecule has 4 saturated carbocycles. The van der Waals surface area contributed by atoms with Gasteiger partial charge in [0, 0.05) is 50.5 Å². The zero-order chi connectivity index (χ0) is 22.1. The van der Waals surface area contributed by atoms with Gasteiger partial charge in [-0.15, -0.1) is 0 Å². The number of fused-ring (bicyclic) bond motifs is 2. The third kappa shape index (κ3) is 1.82. The number of methoxy groups -OCH3 is 3. The third-order valence-electron chi connectivity index (χ3n) is 10.8. The van der Waals surface area contributed by atoms with E-state index >= 15 is 0 Å². The van der Waals surface area contributed by atoms with Gasteiger partial charge in [0.2, 0.25) is 0 Å². The molecule has 5 fully saturated rings. The maximum Gasteiger partial charge on any atom is 0.139 e. The van der Waals surface area contributed by atoms with E-state index in [-0.39, 0.29) is 41.2 Å². The molecule has 0 aromatic heterocycles. The number of hydrogen-bond acceptors (Lipinski definition) is 7. The van der Waals surface area contributed by atoms with Crippen molar-refractivity contribution >= 4 is 0 Å². The number of ether oxygens (including phenoxy) is 3. The van der Waals surface area contributed by atoms with Crippen LogP contribution in [0.1, 0.15) is 26.7 Å². The molecule has 174 valence electrons. The summed E-state index contributed by atoms with van der Waals surface area (Å²) in [4.78, 5) is 2.35. The number of aliphatic hydroxyl groups is 3. The summed E-state index contributed by atoms with van der Waals surface area (Å²) < 4.78 is 18.6. The fourth-order valence-corrected chi connectivity index (χ4v) is 10.4. The van der Waals surface area contributed by atoms with E-state index in [1.807, 2.05) is 6.08 Å². The first kappa shape index (κ1) is 21.0. The zero-order valence-electron chi connectivity index (χ0n) is 19.2. The van der Waals surface area contributed by atoms with Gasteiger partial charge >= 0.3 is 0 Å². The largest absolute Gasteiger partial charge is 0.392 e. The average molecular weight is 436 g/mol. The van der Waals surface area contributed by atoms with Gasteiger partial charge in [0.05, 0.1) is 30.5 Å². The zero-order valence-corrected chi connectivity index (χ0v) is 19.2. The fourth-order valence-electron chi connectivity index (χ4n) is 10.4. The molecule has 5 aliphatic carbocycles. The van der Waals surface area contributed by atoms with Crippen molar-refractivity contribution in [1.82, 2.24) is 4.90 Å². The summed E-state index contributed by atoms with van der Waals surface area (Å²) >= 11 is 0. The van der Waals surface area contributed by atoms with Gasteiger partial charge in [-0.25, -0.2) is 0 Å². The molecule has 13 atom stereocenters. The summed E-state index contributed by atoms with van der Waals surface area (Å²) in [7, 11) is 5.00. The average Bonchev–Trinajstić information content (AvgIpc) is 3.09. The molecule has 6 rings (SSSR count). The van der Waals surface area contributed by atoms with E-state index in [2.05, 4.69) is 24.8 Å². The summed E-state index contributed by atoms with van der Waals surface area (Å²) in [6.45, 7) is 5.92. The van der Waals surface area contributed by atoms with Crippen LogP contribution in [0.5, 0.6) is 0 Å². The van der Waals surface area contributed by atoms with Crippen LogP contribution >= 0.6 is 0 Å². The molecule has 0 aromatic rings. The van der Waals surface area contributed by atoms with Gasteiger partial charge < -0.3 is 29.5 Å². The minimum atomic E-state index is -1.43. The number of likely N-dealkylation sites (tertiary alicyclic amines) is 1. The number of piperidine rings is 1. The Morgan fingerprint density at radius 1 is 1.13 bits per heavy atom. The standard InChI is InChI=1S/C24H37NO6/c1-6-25-11-21(2)8-7-14(26)22-13-9-12-10-15(29-3)24(31-5,16(13)17(12)27)23(28,20(22)25)19(30-4)18(21)22/h7-8,12-20,26-28H,6,9-11H2,1-5H3/t12-,13-,14+,15-,16-,17+,18-,19+,20?,21+,22+,23-,24-/m1/s1. The van der Waals surface area contributed by atoms with Crippen LogP contribution in [0, 0.1) is 34.5 Å². The van der Waals surface area contributed by atoms with E-state index in [0.29, 0.717) is 6.42 Å². The highest BCUT2D eigenvalue weighted by molar-refractivity contribution is 5.44. The van der Waals surface area contributed by atoms with Crippen molar-refractivity contribution in [3.05, 3.63) is 12.2 Å². The van der Waals surface area contributed by atoms with Gasteiger partial charge in [0.25, 0.3) is 0 Å². The highest BCUT2D eigenvalue weighted by Gasteiger charge is 2.91. The Morgan fingerprint density at radius 3 is 2.48 bits per heavy atom. The second-order valence-corrected chi connectivity index (χ2v) is 11.3. The molecule has 6 aliphatic rings. The van der Waals surface area contributed by atoms with Crippen molar-refractivity contribution < 1.29 is 29.5 Å². The van der Waals surface area contributed by atoms with Crippen molar-refractivity contribution in [2.45, 2.75) is 68.3 Å². The third-order valence-corrected chi connectivity index (χ3v) is 10.8. The van der Waals surface area contributed by atoms with Crippen molar-refractivity contribution in [2.75, 3.05) is 34.4 Å². The lowest BCUT2D eigenvalue weighted by atomic mass is 9.44. The molecule has 31 heavy (non-hydrogen) atoms. The summed E-state index contributed by atoms with van der Waals surface area (Å²) in [5.74, 6) is -0.292. The molecule has 0 radical (unpaired) electrons. The number of nitrogens with zero attached hydrogens (tertiary/aromatic N) is 1. The number of likely N-dealkylation sites (N-methyl/N-ethyl adjacent to an activating group) is 1. The first-order chi connectivity index (χ1) is 14.7. The molecular weight excluding hydrogens is 398 g/mol. The van der Waals surface area contributed by atoms with Gasteiger partial charge in [-0.1, -0.05) is 26.0 Å². The van der Waals surface area contributed by atoms with E-state index in [4.69, 9.17) is 14.2 Å². The van der Waals surface area contributed by atoms with Crippen molar-refractivity contribution in [2.24, 2.45) is 34.5 Å². The summed E-state index contributed by atoms with van der Waals surface area (Å²) in [5.41, 5.74) is -3.39. The Morgan fingerprint density at radius 2 is 1.87 bits per heavy atom. The molecule has 0 amide bonds. The maximum absolute atomic E-state index is 13.0. The van der Waals surface area contributed by atoms with E-state index in [9.17, 15) is 15.3 Å². The smallest absolute Gasteiger partial charge is 0.139 e. The first-order valence-corrected chi connectivity index (χ1v) is 11.9. The molecule has 7 bridgehead atoms. The molecule has 7 nitrogen and oxygen atoms in total. The highest BCUT2D eigenvalue weighted by atomic mass is 16.6. The lowest BCUT2D eigenvalue weighted by molar-refractivity contribution is -0.336. The lowest BCUT2D eigenvalue weighted by Crippen LogP contribution is -2.83. The monoisotopic (exact) mass is 435 g/mol. The van der Waals surface area contributed by atoms with Gasteiger partial charge in [0.15, 0.2) is 0 Å². The molecule has 1 aliphatic heterocycles. The van der Waals surface area contributed by atoms with Gasteiger partial charge in [-0.3, -0.25) is 4.90 Å². The van der Waals surface area contributed by atoms with Crippen LogP contribution in [0.2, 0.25) is 0 Å². The van der Waals surface area contributed by atoms with Crippen LogP contribution in [0.15, 0.2) is 12.2 Å². The fraction of sp³-hybridized carbons (Fsp3) is 0.917. The van der Waals surface area contributed by atoms with Crippen molar-refractivity contribution in [3.8, 4) is 0 Å². The molecule has 3 N–H and O–H groups in total. The SMILES string of the molecule is CCN1C[C@]2(C)C=C[C@H](O)[C@]34C1[C@](O)([C@@H](OC)[C@@H]32)[C@]1(OC)[C@H]2[C@@H](O)[C@H](C[C@H]24)C[C@H]1OC. The Kier molecular flexibility index (Phi) is 4.15. The van der Waals surface area contributed by atoms with E-state index < -0.39 is 34.9 Å². The van der Waals surface area contributed by atoms with Gasteiger partial charge in [-0.2, -0.15) is 0 Å². The number of hydrogen-bond donors (Lipinski definition) is 3. The number of aliphatic hydroxyl groups excluding tert-OH is 2. The van der Waals surface area contributed by atoms with Crippen LogP contribution in [-0.2, 0) is 14.2 Å². The van der Waals surface area contributed by atoms with Crippen LogP contribution in [0.25, 0.3) is 0 Å². The molecule has 1 heterocycles. The Hall–Kier alpha value is -0.540. The van der Waals surface area contributed by atoms with E-state index in [0.717, 1.165) is 19.5 Å². The normalized spacial score (nSPS) is 63.5. The molecule has 0 aromatic carbocycles. The minimum absolute atomic E-state index is 0.0108. The lowest BCUT2D eigenvalue weighted by Gasteiger charge is -2.69. The molecule has 1 saturated heterocycles. The number of rotatable bonds is 4. The molecule has 1 unspecified atom stereocenters.